The summed E-state index contributed by atoms with van der Waals surface area (Å²) < 4.78 is 5.50. The van der Waals surface area contributed by atoms with Crippen molar-refractivity contribution in [3.63, 3.8) is 0 Å². The van der Waals surface area contributed by atoms with Gasteiger partial charge in [-0.05, 0) is 38.0 Å². The number of rotatable bonds is 4. The van der Waals surface area contributed by atoms with Crippen LogP contribution < -0.4 is 10.1 Å². The summed E-state index contributed by atoms with van der Waals surface area (Å²) in [4.78, 5) is 0. The van der Waals surface area contributed by atoms with Gasteiger partial charge in [-0.1, -0.05) is 17.4 Å². The molecule has 4 nitrogen and oxygen atoms in total. The van der Waals surface area contributed by atoms with E-state index in [1.54, 1.807) is 18.4 Å². The first-order valence-corrected chi connectivity index (χ1v) is 6.71. The molecular formula is C13H17N3OS. The van der Waals surface area contributed by atoms with Crippen molar-refractivity contribution in [1.82, 2.24) is 10.2 Å². The zero-order chi connectivity index (χ0) is 13.1. The van der Waals surface area contributed by atoms with Crippen LogP contribution in [-0.4, -0.2) is 23.9 Å². The minimum Gasteiger partial charge on any atom is -0.496 e. The van der Waals surface area contributed by atoms with Gasteiger partial charge in [-0.15, -0.1) is 10.2 Å². The monoisotopic (exact) mass is 263 g/mol. The predicted octanol–water partition coefficient (Wildman–Crippen LogP) is 3.26. The molecule has 18 heavy (non-hydrogen) atoms. The standard InChI is InChI=1S/C13H17N3OS/c1-5-14-13-16-15-12(18-13)10-7-6-8(2)9(3)11(10)17-4/h6-7H,5H2,1-4H3,(H,14,16). The second-order valence-electron chi connectivity index (χ2n) is 4.03. The van der Waals surface area contributed by atoms with Crippen molar-refractivity contribution in [2.75, 3.05) is 19.0 Å². The first kappa shape index (κ1) is 12.8. The van der Waals surface area contributed by atoms with Crippen LogP contribution in [0.5, 0.6) is 5.75 Å². The average molecular weight is 263 g/mol. The highest BCUT2D eigenvalue weighted by molar-refractivity contribution is 7.18. The first-order chi connectivity index (χ1) is 8.67. The van der Waals surface area contributed by atoms with Gasteiger partial charge in [0, 0.05) is 6.54 Å². The molecular weight excluding hydrogens is 246 g/mol. The van der Waals surface area contributed by atoms with Gasteiger partial charge in [0.15, 0.2) is 5.01 Å². The van der Waals surface area contributed by atoms with Crippen LogP contribution in [0.25, 0.3) is 10.6 Å². The lowest BCUT2D eigenvalue weighted by Crippen LogP contribution is -1.94. The minimum atomic E-state index is 0.841. The molecule has 0 saturated heterocycles. The molecule has 5 heteroatoms. The first-order valence-electron chi connectivity index (χ1n) is 5.89. The Labute approximate surface area is 111 Å². The fourth-order valence-corrected chi connectivity index (χ4v) is 2.61. The zero-order valence-corrected chi connectivity index (χ0v) is 11.9. The summed E-state index contributed by atoms with van der Waals surface area (Å²) in [5, 5.41) is 13.2. The van der Waals surface area contributed by atoms with Gasteiger partial charge < -0.3 is 10.1 Å². The number of anilines is 1. The van der Waals surface area contributed by atoms with Gasteiger partial charge in [0.25, 0.3) is 0 Å². The van der Waals surface area contributed by atoms with E-state index >= 15 is 0 Å². The van der Waals surface area contributed by atoms with Crippen LogP contribution in [0.2, 0.25) is 0 Å². The SMILES string of the molecule is CCNc1nnc(-c2ccc(C)c(C)c2OC)s1. The molecule has 2 aromatic rings. The third kappa shape index (κ3) is 2.31. The van der Waals surface area contributed by atoms with Crippen LogP contribution in [0.3, 0.4) is 0 Å². The van der Waals surface area contributed by atoms with Crippen LogP contribution in [0.1, 0.15) is 18.1 Å². The maximum Gasteiger partial charge on any atom is 0.205 e. The Morgan fingerprint density at radius 1 is 1.28 bits per heavy atom. The smallest absolute Gasteiger partial charge is 0.205 e. The highest BCUT2D eigenvalue weighted by Crippen LogP contribution is 2.36. The molecule has 0 unspecified atom stereocenters. The topological polar surface area (TPSA) is 47.0 Å². The van der Waals surface area contributed by atoms with Crippen LogP contribution in [0.4, 0.5) is 5.13 Å². The number of aromatic nitrogens is 2. The molecule has 1 aromatic carbocycles. The van der Waals surface area contributed by atoms with E-state index in [0.717, 1.165) is 33.6 Å². The second-order valence-corrected chi connectivity index (χ2v) is 5.01. The van der Waals surface area contributed by atoms with Crippen molar-refractivity contribution in [3.05, 3.63) is 23.3 Å². The summed E-state index contributed by atoms with van der Waals surface area (Å²) in [6.07, 6.45) is 0. The van der Waals surface area contributed by atoms with Gasteiger partial charge in [0.1, 0.15) is 5.75 Å². The quantitative estimate of drug-likeness (QED) is 0.919. The molecule has 2 rings (SSSR count). The highest BCUT2D eigenvalue weighted by atomic mass is 32.1. The molecule has 96 valence electrons. The number of nitrogens with one attached hydrogen (secondary N) is 1. The summed E-state index contributed by atoms with van der Waals surface area (Å²) in [5.74, 6) is 0.884. The third-order valence-electron chi connectivity index (χ3n) is 2.86. The Bertz CT molecular complexity index is 551. The Balaban J connectivity index is 2.46. The molecule has 0 aliphatic heterocycles. The van der Waals surface area contributed by atoms with E-state index < -0.39 is 0 Å². The lowest BCUT2D eigenvalue weighted by Gasteiger charge is -2.11. The number of methoxy groups -OCH3 is 1. The molecule has 0 spiro atoms. The zero-order valence-electron chi connectivity index (χ0n) is 11.1. The normalized spacial score (nSPS) is 10.4. The van der Waals surface area contributed by atoms with Gasteiger partial charge in [0.2, 0.25) is 5.13 Å². The van der Waals surface area contributed by atoms with Crippen molar-refractivity contribution >= 4 is 16.5 Å². The van der Waals surface area contributed by atoms with Gasteiger partial charge in [0.05, 0.1) is 12.7 Å². The maximum atomic E-state index is 5.50. The molecule has 0 amide bonds. The molecule has 0 fully saturated rings. The third-order valence-corrected chi connectivity index (χ3v) is 3.78. The van der Waals surface area contributed by atoms with E-state index in [4.69, 9.17) is 4.74 Å². The number of hydrogen-bond acceptors (Lipinski definition) is 5. The molecule has 0 bridgehead atoms. The summed E-state index contributed by atoms with van der Waals surface area (Å²) in [6.45, 7) is 7.02. The van der Waals surface area contributed by atoms with Crippen LogP contribution in [0.15, 0.2) is 12.1 Å². The van der Waals surface area contributed by atoms with E-state index in [9.17, 15) is 0 Å². The van der Waals surface area contributed by atoms with Gasteiger partial charge in [-0.3, -0.25) is 0 Å². The molecule has 0 atom stereocenters. The van der Waals surface area contributed by atoms with Crippen LogP contribution >= 0.6 is 11.3 Å². The number of aryl methyl sites for hydroxylation is 1. The van der Waals surface area contributed by atoms with Crippen molar-refractivity contribution in [3.8, 4) is 16.3 Å². The Kier molecular flexibility index (Phi) is 3.81. The molecule has 0 aliphatic carbocycles. The van der Waals surface area contributed by atoms with Crippen molar-refractivity contribution in [1.29, 1.82) is 0 Å². The minimum absolute atomic E-state index is 0.841. The van der Waals surface area contributed by atoms with E-state index in [-0.39, 0.29) is 0 Å². The van der Waals surface area contributed by atoms with Gasteiger partial charge in [-0.2, -0.15) is 0 Å². The Morgan fingerprint density at radius 2 is 2.06 bits per heavy atom. The lowest BCUT2D eigenvalue weighted by atomic mass is 10.0. The average Bonchev–Trinajstić information content (AvgIpc) is 2.81. The van der Waals surface area contributed by atoms with Crippen molar-refractivity contribution in [2.24, 2.45) is 0 Å². The number of ether oxygens (including phenoxy) is 1. The van der Waals surface area contributed by atoms with Crippen LogP contribution in [-0.2, 0) is 0 Å². The Hall–Kier alpha value is -1.62. The van der Waals surface area contributed by atoms with E-state index in [0.29, 0.717) is 0 Å². The maximum absolute atomic E-state index is 5.50. The van der Waals surface area contributed by atoms with Crippen molar-refractivity contribution in [2.45, 2.75) is 20.8 Å². The predicted molar refractivity (Wildman–Crippen MR) is 75.5 cm³/mol. The number of hydrogen-bond donors (Lipinski definition) is 1. The van der Waals surface area contributed by atoms with E-state index in [1.807, 2.05) is 13.0 Å². The molecule has 1 N–H and O–H groups in total. The largest absolute Gasteiger partial charge is 0.496 e. The summed E-state index contributed by atoms with van der Waals surface area (Å²) in [5.41, 5.74) is 3.37. The second kappa shape index (κ2) is 5.35. The lowest BCUT2D eigenvalue weighted by molar-refractivity contribution is 0.413. The van der Waals surface area contributed by atoms with Gasteiger partial charge in [-0.25, -0.2) is 0 Å². The fraction of sp³-hybridized carbons (Fsp3) is 0.385. The summed E-state index contributed by atoms with van der Waals surface area (Å²) in [7, 11) is 1.69. The highest BCUT2D eigenvalue weighted by Gasteiger charge is 2.14. The fourth-order valence-electron chi connectivity index (χ4n) is 1.78. The van der Waals surface area contributed by atoms with E-state index in [2.05, 4.69) is 35.4 Å². The Morgan fingerprint density at radius 3 is 2.72 bits per heavy atom. The molecule has 0 aliphatic rings. The van der Waals surface area contributed by atoms with Gasteiger partial charge >= 0.3 is 0 Å². The van der Waals surface area contributed by atoms with Crippen molar-refractivity contribution < 1.29 is 4.74 Å². The number of nitrogens with zero attached hydrogens (tertiary/aromatic N) is 2. The molecule has 1 aromatic heterocycles. The summed E-state index contributed by atoms with van der Waals surface area (Å²) in [6, 6.07) is 4.12. The number of benzene rings is 1. The molecule has 1 heterocycles. The van der Waals surface area contributed by atoms with E-state index in [1.165, 1.54) is 5.56 Å². The molecule has 0 radical (unpaired) electrons. The summed E-state index contributed by atoms with van der Waals surface area (Å²) >= 11 is 1.54. The molecule has 0 saturated carbocycles. The van der Waals surface area contributed by atoms with Crippen LogP contribution in [0, 0.1) is 13.8 Å².